The molecule has 1 unspecified atom stereocenters. The highest BCUT2D eigenvalue weighted by Crippen LogP contribution is 2.14. The van der Waals surface area contributed by atoms with Crippen molar-refractivity contribution in [2.75, 3.05) is 13.2 Å². The molecular formula is C12H16N2O3. The number of ether oxygens (including phenoxy) is 1. The van der Waals surface area contributed by atoms with Gasteiger partial charge >= 0.3 is 6.03 Å². The van der Waals surface area contributed by atoms with Crippen LogP contribution >= 0.6 is 0 Å². The first kappa shape index (κ1) is 11.7. The van der Waals surface area contributed by atoms with Crippen LogP contribution < -0.4 is 10.6 Å². The van der Waals surface area contributed by atoms with Crippen LogP contribution in [0.5, 0.6) is 5.75 Å². The minimum Gasteiger partial charge on any atom is -0.508 e. The van der Waals surface area contributed by atoms with Gasteiger partial charge in [0.05, 0.1) is 12.6 Å². The Hall–Kier alpha value is -1.75. The molecule has 1 atom stereocenters. The summed E-state index contributed by atoms with van der Waals surface area (Å²) in [4.78, 5) is 11.5. The molecule has 1 aromatic rings. The van der Waals surface area contributed by atoms with Crippen molar-refractivity contribution in [3.05, 3.63) is 29.8 Å². The van der Waals surface area contributed by atoms with Gasteiger partial charge in [-0.1, -0.05) is 18.2 Å². The summed E-state index contributed by atoms with van der Waals surface area (Å²) in [6.45, 7) is 1.58. The number of carbonyl (C=O) groups excluding carboxylic acids is 1. The van der Waals surface area contributed by atoms with Crippen molar-refractivity contribution in [3.8, 4) is 5.75 Å². The van der Waals surface area contributed by atoms with E-state index in [-0.39, 0.29) is 17.8 Å². The number of hydrogen-bond acceptors (Lipinski definition) is 3. The Bertz CT molecular complexity index is 389. The van der Waals surface area contributed by atoms with E-state index in [1.165, 1.54) is 0 Å². The Morgan fingerprint density at radius 3 is 3.00 bits per heavy atom. The third-order valence-electron chi connectivity index (χ3n) is 2.70. The molecule has 0 radical (unpaired) electrons. The molecule has 5 nitrogen and oxygen atoms in total. The average Bonchev–Trinajstić information content (AvgIpc) is 2.81. The molecular weight excluding hydrogens is 220 g/mol. The molecule has 5 heteroatoms. The third kappa shape index (κ3) is 3.35. The van der Waals surface area contributed by atoms with Crippen LogP contribution in [-0.4, -0.2) is 30.4 Å². The number of para-hydroxylation sites is 1. The van der Waals surface area contributed by atoms with Crippen molar-refractivity contribution < 1.29 is 14.6 Å². The number of benzene rings is 1. The lowest BCUT2D eigenvalue weighted by Gasteiger charge is -2.12. The molecule has 3 N–H and O–H groups in total. The van der Waals surface area contributed by atoms with Gasteiger partial charge in [0.25, 0.3) is 0 Å². The topological polar surface area (TPSA) is 70.6 Å². The van der Waals surface area contributed by atoms with Gasteiger partial charge in [-0.2, -0.15) is 0 Å². The van der Waals surface area contributed by atoms with Gasteiger partial charge in [-0.3, -0.25) is 0 Å². The molecule has 1 aromatic carbocycles. The molecule has 1 saturated heterocycles. The molecule has 0 aromatic heterocycles. The highest BCUT2D eigenvalue weighted by molar-refractivity contribution is 5.74. The fraction of sp³-hybridized carbons (Fsp3) is 0.417. The van der Waals surface area contributed by atoms with Crippen molar-refractivity contribution in [2.45, 2.75) is 19.0 Å². The molecule has 1 fully saturated rings. The van der Waals surface area contributed by atoms with Crippen LogP contribution in [0.2, 0.25) is 0 Å². The van der Waals surface area contributed by atoms with E-state index < -0.39 is 0 Å². The second kappa shape index (κ2) is 5.54. The number of urea groups is 1. The molecule has 17 heavy (non-hydrogen) atoms. The maximum atomic E-state index is 11.5. The molecule has 0 aliphatic carbocycles. The summed E-state index contributed by atoms with van der Waals surface area (Å²) in [5.74, 6) is 0.192. The lowest BCUT2D eigenvalue weighted by molar-refractivity contribution is 0.188. The maximum absolute atomic E-state index is 11.5. The number of nitrogens with one attached hydrogen (secondary N) is 2. The maximum Gasteiger partial charge on any atom is 0.315 e. The molecule has 0 saturated carbocycles. The van der Waals surface area contributed by atoms with Crippen molar-refractivity contribution in [1.82, 2.24) is 10.6 Å². The molecule has 0 spiro atoms. The van der Waals surface area contributed by atoms with Crippen molar-refractivity contribution in [2.24, 2.45) is 0 Å². The summed E-state index contributed by atoms with van der Waals surface area (Å²) >= 11 is 0. The number of phenolic OH excluding ortho intramolecular Hbond substituents is 1. The second-order valence-electron chi connectivity index (χ2n) is 4.02. The predicted molar refractivity (Wildman–Crippen MR) is 62.7 cm³/mol. The highest BCUT2D eigenvalue weighted by Gasteiger charge is 2.17. The van der Waals surface area contributed by atoms with E-state index in [0.29, 0.717) is 25.3 Å². The zero-order chi connectivity index (χ0) is 12.1. The van der Waals surface area contributed by atoms with Crippen LogP contribution in [0.4, 0.5) is 4.79 Å². The second-order valence-corrected chi connectivity index (χ2v) is 4.02. The SMILES string of the molecule is O=C(NCc1ccccc1O)NC1CCOC1. The van der Waals surface area contributed by atoms with Crippen molar-refractivity contribution >= 4 is 6.03 Å². The van der Waals surface area contributed by atoms with E-state index in [9.17, 15) is 9.90 Å². The lowest BCUT2D eigenvalue weighted by Crippen LogP contribution is -2.42. The van der Waals surface area contributed by atoms with Crippen molar-refractivity contribution in [3.63, 3.8) is 0 Å². The van der Waals surface area contributed by atoms with E-state index in [2.05, 4.69) is 10.6 Å². The first-order valence-electron chi connectivity index (χ1n) is 5.64. The summed E-state index contributed by atoms with van der Waals surface area (Å²) in [5.41, 5.74) is 0.699. The minimum atomic E-state index is -0.233. The average molecular weight is 236 g/mol. The Morgan fingerprint density at radius 2 is 2.29 bits per heavy atom. The van der Waals surface area contributed by atoms with Gasteiger partial charge in [-0.05, 0) is 12.5 Å². The summed E-state index contributed by atoms with van der Waals surface area (Å²) in [6.07, 6.45) is 0.851. The molecule has 1 aliphatic rings. The Morgan fingerprint density at radius 1 is 1.47 bits per heavy atom. The van der Waals surface area contributed by atoms with Crippen LogP contribution in [0.1, 0.15) is 12.0 Å². The van der Waals surface area contributed by atoms with Crippen LogP contribution in [0.25, 0.3) is 0 Å². The fourth-order valence-electron chi connectivity index (χ4n) is 1.72. The first-order valence-corrected chi connectivity index (χ1v) is 5.64. The molecule has 0 bridgehead atoms. The molecule has 1 aliphatic heterocycles. The van der Waals surface area contributed by atoms with E-state index in [4.69, 9.17) is 4.74 Å². The van der Waals surface area contributed by atoms with Gasteiger partial charge < -0.3 is 20.5 Å². The number of hydrogen-bond donors (Lipinski definition) is 3. The molecule has 2 amide bonds. The minimum absolute atomic E-state index is 0.0966. The van der Waals surface area contributed by atoms with Crippen LogP contribution in [0.15, 0.2) is 24.3 Å². The van der Waals surface area contributed by atoms with Gasteiger partial charge in [0.2, 0.25) is 0 Å². The largest absolute Gasteiger partial charge is 0.508 e. The van der Waals surface area contributed by atoms with Crippen LogP contribution in [-0.2, 0) is 11.3 Å². The molecule has 92 valence electrons. The third-order valence-corrected chi connectivity index (χ3v) is 2.70. The standard InChI is InChI=1S/C12H16N2O3/c15-11-4-2-1-3-9(11)7-13-12(16)14-10-5-6-17-8-10/h1-4,10,15H,5-8H2,(H2,13,14,16). The summed E-state index contributed by atoms with van der Waals surface area (Å²) < 4.78 is 5.16. The normalized spacial score (nSPS) is 18.9. The first-order chi connectivity index (χ1) is 8.25. The smallest absolute Gasteiger partial charge is 0.315 e. The van der Waals surface area contributed by atoms with Gasteiger partial charge in [0, 0.05) is 18.7 Å². The van der Waals surface area contributed by atoms with Gasteiger partial charge in [0.15, 0.2) is 0 Å². The fourth-order valence-corrected chi connectivity index (χ4v) is 1.72. The number of carbonyl (C=O) groups is 1. The summed E-state index contributed by atoms with van der Waals surface area (Å²) in [5, 5.41) is 15.0. The highest BCUT2D eigenvalue weighted by atomic mass is 16.5. The lowest BCUT2D eigenvalue weighted by atomic mass is 10.2. The molecule has 1 heterocycles. The monoisotopic (exact) mass is 236 g/mol. The van der Waals surface area contributed by atoms with E-state index >= 15 is 0 Å². The van der Waals surface area contributed by atoms with Crippen LogP contribution in [0, 0.1) is 0 Å². The number of aromatic hydroxyl groups is 1. The zero-order valence-corrected chi connectivity index (χ0v) is 9.48. The number of amides is 2. The summed E-state index contributed by atoms with van der Waals surface area (Å²) in [7, 11) is 0. The summed E-state index contributed by atoms with van der Waals surface area (Å²) in [6, 6.07) is 6.80. The van der Waals surface area contributed by atoms with Gasteiger partial charge in [-0.25, -0.2) is 4.79 Å². The Kier molecular flexibility index (Phi) is 3.82. The van der Waals surface area contributed by atoms with E-state index in [0.717, 1.165) is 6.42 Å². The van der Waals surface area contributed by atoms with E-state index in [1.54, 1.807) is 18.2 Å². The van der Waals surface area contributed by atoms with Gasteiger partial charge in [-0.15, -0.1) is 0 Å². The van der Waals surface area contributed by atoms with Crippen LogP contribution in [0.3, 0.4) is 0 Å². The number of rotatable bonds is 3. The molecule has 2 rings (SSSR count). The van der Waals surface area contributed by atoms with Gasteiger partial charge in [0.1, 0.15) is 5.75 Å². The van der Waals surface area contributed by atoms with Crippen molar-refractivity contribution in [1.29, 1.82) is 0 Å². The number of phenols is 1. The zero-order valence-electron chi connectivity index (χ0n) is 9.48. The van der Waals surface area contributed by atoms with E-state index in [1.807, 2.05) is 6.07 Å². The predicted octanol–water partition coefficient (Wildman–Crippen LogP) is 0.980. The Balaban J connectivity index is 1.77. The Labute approximate surface area is 99.8 Å². The quantitative estimate of drug-likeness (QED) is 0.732.